The molecule has 0 bridgehead atoms. The second-order valence-electron chi connectivity index (χ2n) is 7.94. The van der Waals surface area contributed by atoms with Gasteiger partial charge in [-0.15, -0.1) is 24.5 Å². The molecule has 2 aromatic heterocycles. The zero-order valence-corrected chi connectivity index (χ0v) is 18.2. The molecule has 0 amide bonds. The van der Waals surface area contributed by atoms with Crippen molar-refractivity contribution in [2.75, 3.05) is 13.1 Å². The highest BCUT2D eigenvalue weighted by Crippen LogP contribution is 2.35. The van der Waals surface area contributed by atoms with Gasteiger partial charge in [0.05, 0.1) is 11.7 Å². The predicted molar refractivity (Wildman–Crippen MR) is 126 cm³/mol. The number of nitrogens with zero attached hydrogens (tertiary/aromatic N) is 3. The quantitative estimate of drug-likeness (QED) is 0.475. The molecule has 0 spiro atoms. The molecule has 1 unspecified atom stereocenters. The summed E-state index contributed by atoms with van der Waals surface area (Å²) in [5.41, 5.74) is 2.67. The largest absolute Gasteiger partial charge is 0.299 e. The average Bonchev–Trinajstić information content (AvgIpc) is 3.14. The van der Waals surface area contributed by atoms with Gasteiger partial charge in [-0.1, -0.05) is 42.5 Å². The topological polar surface area (TPSA) is 38.1 Å². The average molecular weight is 420 g/mol. The van der Waals surface area contributed by atoms with Crippen LogP contribution in [0.25, 0.3) is 10.2 Å². The lowest BCUT2D eigenvalue weighted by Crippen LogP contribution is -2.39. The van der Waals surface area contributed by atoms with Crippen LogP contribution >= 0.6 is 11.3 Å². The molecule has 30 heavy (non-hydrogen) atoms. The highest BCUT2D eigenvalue weighted by molar-refractivity contribution is 7.18. The van der Waals surface area contributed by atoms with Gasteiger partial charge in [-0.25, -0.2) is 4.98 Å². The number of aryl methyl sites for hydroxylation is 3. The Bertz CT molecular complexity index is 1070. The summed E-state index contributed by atoms with van der Waals surface area (Å²) in [7, 11) is 0. The van der Waals surface area contributed by atoms with Crippen LogP contribution in [0.1, 0.15) is 28.8 Å². The highest BCUT2D eigenvalue weighted by Gasteiger charge is 2.27. The molecule has 0 radical (unpaired) electrons. The summed E-state index contributed by atoms with van der Waals surface area (Å²) in [4.78, 5) is 22.5. The van der Waals surface area contributed by atoms with E-state index in [1.54, 1.807) is 22.2 Å². The van der Waals surface area contributed by atoms with Crippen molar-refractivity contribution in [2.24, 2.45) is 0 Å². The van der Waals surface area contributed by atoms with Crippen LogP contribution < -0.4 is 5.56 Å². The van der Waals surface area contributed by atoms with E-state index in [1.807, 2.05) is 18.2 Å². The normalized spacial score (nSPS) is 16.0. The zero-order valence-electron chi connectivity index (χ0n) is 17.4. The smallest absolute Gasteiger partial charge is 0.262 e. The Morgan fingerprint density at radius 3 is 2.70 bits per heavy atom. The molecule has 5 heteroatoms. The van der Waals surface area contributed by atoms with E-state index >= 15 is 0 Å². The molecule has 156 valence electrons. The van der Waals surface area contributed by atoms with Gasteiger partial charge in [-0.3, -0.25) is 14.3 Å². The molecule has 0 saturated heterocycles. The van der Waals surface area contributed by atoms with E-state index in [1.165, 1.54) is 16.0 Å². The highest BCUT2D eigenvalue weighted by atomic mass is 32.1. The summed E-state index contributed by atoms with van der Waals surface area (Å²) in [6.45, 7) is 10.2. The maximum absolute atomic E-state index is 13.2. The number of hydrogen-bond acceptors (Lipinski definition) is 4. The van der Waals surface area contributed by atoms with E-state index in [0.717, 1.165) is 55.4 Å². The van der Waals surface area contributed by atoms with Gasteiger partial charge in [-0.2, -0.15) is 0 Å². The standard InChI is InChI=1S/C25H29N3OS/c1-3-14-27(15-4-2)20-12-13-21-22(17-20)30-24-23(21)25(29)28(18-26-24)16-8-11-19-9-6-5-7-10-19/h3-7,9-10,18,20H,1-2,8,11-17H2. The van der Waals surface area contributed by atoms with Crippen LogP contribution in [0.5, 0.6) is 0 Å². The lowest BCUT2D eigenvalue weighted by Gasteiger charge is -2.32. The van der Waals surface area contributed by atoms with Gasteiger partial charge in [0.15, 0.2) is 0 Å². The molecule has 4 rings (SSSR count). The first-order valence-electron chi connectivity index (χ1n) is 10.7. The van der Waals surface area contributed by atoms with E-state index in [0.29, 0.717) is 12.6 Å². The van der Waals surface area contributed by atoms with E-state index in [4.69, 9.17) is 0 Å². The van der Waals surface area contributed by atoms with Gasteiger partial charge in [-0.05, 0) is 43.2 Å². The van der Waals surface area contributed by atoms with Crippen LogP contribution in [0, 0.1) is 0 Å². The Labute approximate surface area is 182 Å². The lowest BCUT2D eigenvalue weighted by atomic mass is 9.92. The fraction of sp³-hybridized carbons (Fsp3) is 0.360. The lowest BCUT2D eigenvalue weighted by molar-refractivity contribution is 0.221. The van der Waals surface area contributed by atoms with Crippen molar-refractivity contribution in [1.29, 1.82) is 0 Å². The van der Waals surface area contributed by atoms with Gasteiger partial charge in [0, 0.05) is 30.6 Å². The molecule has 4 nitrogen and oxygen atoms in total. The monoisotopic (exact) mass is 419 g/mol. The Morgan fingerprint density at radius 1 is 1.20 bits per heavy atom. The summed E-state index contributed by atoms with van der Waals surface area (Å²) in [5.74, 6) is 0. The number of rotatable bonds is 9. The second kappa shape index (κ2) is 9.54. The minimum atomic E-state index is 0.123. The van der Waals surface area contributed by atoms with Gasteiger partial charge < -0.3 is 0 Å². The van der Waals surface area contributed by atoms with E-state index in [9.17, 15) is 4.79 Å². The second-order valence-corrected chi connectivity index (χ2v) is 9.03. The van der Waals surface area contributed by atoms with Gasteiger partial charge in [0.2, 0.25) is 0 Å². The molecule has 3 aromatic rings. The van der Waals surface area contributed by atoms with Crippen molar-refractivity contribution >= 4 is 21.6 Å². The first kappa shape index (κ1) is 20.8. The van der Waals surface area contributed by atoms with Gasteiger partial charge in [0.1, 0.15) is 4.83 Å². The number of hydrogen-bond donors (Lipinski definition) is 0. The molecular weight excluding hydrogens is 390 g/mol. The molecule has 0 aliphatic heterocycles. The number of thiophene rings is 1. The maximum Gasteiger partial charge on any atom is 0.262 e. The molecule has 2 heterocycles. The van der Waals surface area contributed by atoms with Crippen LogP contribution in [-0.2, 0) is 25.8 Å². The van der Waals surface area contributed by atoms with Crippen LogP contribution in [0.2, 0.25) is 0 Å². The molecule has 1 aliphatic carbocycles. The minimum absolute atomic E-state index is 0.123. The van der Waals surface area contributed by atoms with E-state index in [2.05, 4.69) is 47.3 Å². The van der Waals surface area contributed by atoms with Crippen molar-refractivity contribution in [2.45, 2.75) is 44.7 Å². The Hall–Kier alpha value is -2.50. The first-order chi connectivity index (χ1) is 14.7. The maximum atomic E-state index is 13.2. The number of benzene rings is 1. The summed E-state index contributed by atoms with van der Waals surface area (Å²) in [6, 6.07) is 10.9. The number of aromatic nitrogens is 2. The van der Waals surface area contributed by atoms with Crippen molar-refractivity contribution in [3.63, 3.8) is 0 Å². The molecule has 0 fully saturated rings. The summed E-state index contributed by atoms with van der Waals surface area (Å²) in [6.07, 6.45) is 10.5. The summed E-state index contributed by atoms with van der Waals surface area (Å²) >= 11 is 1.70. The number of fused-ring (bicyclic) bond motifs is 3. The van der Waals surface area contributed by atoms with Crippen molar-refractivity contribution in [3.05, 3.63) is 88.3 Å². The molecule has 0 N–H and O–H groups in total. The SMILES string of the molecule is C=CCN(CC=C)C1CCc2c(sc3ncn(CCCc4ccccc4)c(=O)c23)C1. The third-order valence-corrected chi connectivity index (χ3v) is 7.12. The van der Waals surface area contributed by atoms with Crippen LogP contribution in [0.4, 0.5) is 0 Å². The predicted octanol–water partition coefficient (Wildman–Crippen LogP) is 4.62. The van der Waals surface area contributed by atoms with Gasteiger partial charge >= 0.3 is 0 Å². The van der Waals surface area contributed by atoms with Crippen molar-refractivity contribution in [1.82, 2.24) is 14.5 Å². The van der Waals surface area contributed by atoms with Crippen molar-refractivity contribution in [3.8, 4) is 0 Å². The van der Waals surface area contributed by atoms with E-state index < -0.39 is 0 Å². The third kappa shape index (κ3) is 4.32. The molecule has 1 atom stereocenters. The van der Waals surface area contributed by atoms with Crippen LogP contribution in [0.3, 0.4) is 0 Å². The summed E-state index contributed by atoms with van der Waals surface area (Å²) < 4.78 is 1.80. The molecular formula is C25H29N3OS. The Kier molecular flexibility index (Phi) is 6.60. The Balaban J connectivity index is 1.53. The molecule has 0 saturated carbocycles. The summed E-state index contributed by atoms with van der Waals surface area (Å²) in [5, 5.41) is 0.856. The minimum Gasteiger partial charge on any atom is -0.299 e. The van der Waals surface area contributed by atoms with Gasteiger partial charge in [0.25, 0.3) is 5.56 Å². The van der Waals surface area contributed by atoms with Crippen LogP contribution in [-0.4, -0.2) is 33.6 Å². The third-order valence-electron chi connectivity index (χ3n) is 5.96. The van der Waals surface area contributed by atoms with Crippen molar-refractivity contribution < 1.29 is 0 Å². The molecule has 1 aromatic carbocycles. The first-order valence-corrected chi connectivity index (χ1v) is 11.5. The Morgan fingerprint density at radius 2 is 1.97 bits per heavy atom. The fourth-order valence-corrected chi connectivity index (χ4v) is 5.71. The van der Waals surface area contributed by atoms with E-state index in [-0.39, 0.29) is 5.56 Å². The van der Waals surface area contributed by atoms with Crippen LogP contribution in [0.15, 0.2) is 66.8 Å². The molecule has 1 aliphatic rings. The fourth-order valence-electron chi connectivity index (χ4n) is 4.46. The zero-order chi connectivity index (χ0) is 20.9.